The Labute approximate surface area is 250 Å². The highest BCUT2D eigenvalue weighted by atomic mass is 35.5. The number of nitrogens with zero attached hydrogens (tertiary/aromatic N) is 3. The number of ketones is 1. The predicted octanol–water partition coefficient (Wildman–Crippen LogP) is 7.17. The van der Waals surface area contributed by atoms with Gasteiger partial charge in [-0.1, -0.05) is 44.0 Å². The van der Waals surface area contributed by atoms with Crippen LogP contribution in [0.1, 0.15) is 85.3 Å². The molecule has 13 heteroatoms. The van der Waals surface area contributed by atoms with Gasteiger partial charge in [-0.2, -0.15) is 18.3 Å². The molecule has 7 nitrogen and oxygen atoms in total. The van der Waals surface area contributed by atoms with Crippen molar-refractivity contribution in [3.63, 3.8) is 0 Å². The third-order valence-electron chi connectivity index (χ3n) is 9.78. The van der Waals surface area contributed by atoms with E-state index in [0.717, 1.165) is 27.9 Å². The molecular weight excluding hydrogens is 601 g/mol. The maximum absolute atomic E-state index is 14.6. The molecule has 0 aliphatic heterocycles. The fraction of sp³-hybridized carbons (Fsp3) is 0.586. The van der Waals surface area contributed by atoms with E-state index in [1.807, 2.05) is 0 Å². The third-order valence-corrected chi connectivity index (χ3v) is 10.5. The molecule has 3 saturated carbocycles. The van der Waals surface area contributed by atoms with Crippen LogP contribution in [-0.4, -0.2) is 50.0 Å². The van der Waals surface area contributed by atoms with Crippen LogP contribution >= 0.6 is 23.2 Å². The average Bonchev–Trinajstić information content (AvgIpc) is 3.33. The first kappa shape index (κ1) is 30.8. The molecule has 3 aliphatic rings. The Morgan fingerprint density at radius 2 is 1.76 bits per heavy atom. The monoisotopic (exact) mass is 631 g/mol. The summed E-state index contributed by atoms with van der Waals surface area (Å²) in [5.41, 5.74) is -2.23. The number of carboxylic acids is 1. The number of amides is 1. The SMILES string of the molecule is C[C@@H]1C[C@@H](n2ncc(C(=O)N(CC(=O)c3c(Cl)ccc(F)c3Cl)C3C[C@@H]4[C@H](C3)C4(C)C)c2C(F)(F)F)CC[C@@H]1C(=O)O. The van der Waals surface area contributed by atoms with E-state index in [1.54, 1.807) is 6.92 Å². The first-order valence-electron chi connectivity index (χ1n) is 13.9. The minimum absolute atomic E-state index is 0.0396. The summed E-state index contributed by atoms with van der Waals surface area (Å²) in [6.07, 6.45) is -2.59. The van der Waals surface area contributed by atoms with Crippen LogP contribution in [0, 0.1) is 34.9 Å². The second kappa shape index (κ2) is 10.8. The quantitative estimate of drug-likeness (QED) is 0.199. The molecule has 1 N–H and O–H groups in total. The van der Waals surface area contributed by atoms with Gasteiger partial charge in [0.15, 0.2) is 11.5 Å². The first-order chi connectivity index (χ1) is 19.5. The highest BCUT2D eigenvalue weighted by Gasteiger charge is 2.63. The molecule has 228 valence electrons. The van der Waals surface area contributed by atoms with E-state index in [2.05, 4.69) is 18.9 Å². The summed E-state index contributed by atoms with van der Waals surface area (Å²) < 4.78 is 58.7. The summed E-state index contributed by atoms with van der Waals surface area (Å²) in [5.74, 6) is -4.25. The van der Waals surface area contributed by atoms with E-state index in [4.69, 9.17) is 23.2 Å². The largest absolute Gasteiger partial charge is 0.481 e. The highest BCUT2D eigenvalue weighted by molar-refractivity contribution is 6.40. The van der Waals surface area contributed by atoms with Gasteiger partial charge in [-0.05, 0) is 67.4 Å². The summed E-state index contributed by atoms with van der Waals surface area (Å²) in [5, 5.41) is 12.8. The zero-order valence-electron chi connectivity index (χ0n) is 23.2. The van der Waals surface area contributed by atoms with E-state index in [1.165, 1.54) is 0 Å². The lowest BCUT2D eigenvalue weighted by Gasteiger charge is -2.33. The van der Waals surface area contributed by atoms with Gasteiger partial charge in [0.2, 0.25) is 0 Å². The van der Waals surface area contributed by atoms with E-state index >= 15 is 0 Å². The molecule has 3 fully saturated rings. The van der Waals surface area contributed by atoms with Crippen LogP contribution in [0.15, 0.2) is 18.3 Å². The van der Waals surface area contributed by atoms with Gasteiger partial charge < -0.3 is 10.0 Å². The molecule has 0 spiro atoms. The Morgan fingerprint density at radius 1 is 1.12 bits per heavy atom. The van der Waals surface area contributed by atoms with Crippen molar-refractivity contribution >= 4 is 40.9 Å². The topological polar surface area (TPSA) is 92.5 Å². The van der Waals surface area contributed by atoms with Crippen molar-refractivity contribution in [3.8, 4) is 0 Å². The number of Topliss-reactive ketones (excluding diaryl/α,β-unsaturated/α-hetero) is 1. The third kappa shape index (κ3) is 5.31. The Morgan fingerprint density at radius 3 is 2.33 bits per heavy atom. The minimum atomic E-state index is -4.96. The molecule has 1 heterocycles. The lowest BCUT2D eigenvalue weighted by molar-refractivity contribution is -0.149. The number of hydrogen-bond donors (Lipinski definition) is 1. The number of carbonyl (C=O) groups excluding carboxylic acids is 2. The molecule has 2 aromatic rings. The van der Waals surface area contributed by atoms with E-state index in [-0.39, 0.29) is 47.1 Å². The average molecular weight is 632 g/mol. The van der Waals surface area contributed by atoms with Gasteiger partial charge in [-0.15, -0.1) is 0 Å². The number of halogens is 6. The molecule has 3 aliphatic carbocycles. The van der Waals surface area contributed by atoms with Gasteiger partial charge in [0.1, 0.15) is 5.82 Å². The zero-order valence-corrected chi connectivity index (χ0v) is 24.7. The highest BCUT2D eigenvalue weighted by Crippen LogP contribution is 2.67. The number of aromatic nitrogens is 2. The second-order valence-corrected chi connectivity index (χ2v) is 13.3. The number of benzene rings is 1. The van der Waals surface area contributed by atoms with Gasteiger partial charge in [0, 0.05) is 6.04 Å². The van der Waals surface area contributed by atoms with Gasteiger partial charge >= 0.3 is 12.1 Å². The van der Waals surface area contributed by atoms with E-state index in [0.29, 0.717) is 12.8 Å². The molecule has 0 saturated heterocycles. The summed E-state index contributed by atoms with van der Waals surface area (Å²) in [6.45, 7) is 5.22. The molecule has 5 rings (SSSR count). The van der Waals surface area contributed by atoms with Gasteiger partial charge in [0.25, 0.3) is 5.91 Å². The van der Waals surface area contributed by atoms with Crippen LogP contribution in [0.25, 0.3) is 0 Å². The van der Waals surface area contributed by atoms with Crippen LogP contribution in [0.4, 0.5) is 17.6 Å². The Balaban J connectivity index is 1.50. The van der Waals surface area contributed by atoms with Crippen LogP contribution in [0.5, 0.6) is 0 Å². The summed E-state index contributed by atoms with van der Waals surface area (Å²) in [7, 11) is 0. The summed E-state index contributed by atoms with van der Waals surface area (Å²) in [4.78, 5) is 40.0. The maximum atomic E-state index is 14.6. The molecule has 0 radical (unpaired) electrons. The molecule has 42 heavy (non-hydrogen) atoms. The van der Waals surface area contributed by atoms with Crippen LogP contribution in [0.2, 0.25) is 10.0 Å². The maximum Gasteiger partial charge on any atom is 0.433 e. The number of alkyl halides is 3. The van der Waals surface area contributed by atoms with Crippen LogP contribution < -0.4 is 0 Å². The van der Waals surface area contributed by atoms with Crippen molar-refractivity contribution in [1.82, 2.24) is 14.7 Å². The number of carbonyl (C=O) groups is 3. The number of fused-ring (bicyclic) bond motifs is 1. The summed E-state index contributed by atoms with van der Waals surface area (Å²) >= 11 is 12.2. The van der Waals surface area contributed by atoms with Crippen molar-refractivity contribution in [2.24, 2.45) is 29.1 Å². The molecule has 0 bridgehead atoms. The van der Waals surface area contributed by atoms with Gasteiger partial charge in [0.05, 0.1) is 45.9 Å². The van der Waals surface area contributed by atoms with Crippen LogP contribution in [0.3, 0.4) is 0 Å². The minimum Gasteiger partial charge on any atom is -0.481 e. The van der Waals surface area contributed by atoms with Crippen LogP contribution in [-0.2, 0) is 11.0 Å². The number of hydrogen-bond acceptors (Lipinski definition) is 4. The zero-order chi connectivity index (χ0) is 30.9. The summed E-state index contributed by atoms with van der Waals surface area (Å²) in [6, 6.07) is 0.868. The molecule has 1 unspecified atom stereocenters. The fourth-order valence-corrected chi connectivity index (χ4v) is 7.88. The van der Waals surface area contributed by atoms with Gasteiger partial charge in [-0.25, -0.2) is 4.39 Å². The van der Waals surface area contributed by atoms with Crippen molar-refractivity contribution < 1.29 is 37.1 Å². The second-order valence-electron chi connectivity index (χ2n) is 12.5. The molecule has 1 amide bonds. The Hall–Kier alpha value is -2.66. The Bertz CT molecular complexity index is 1430. The molecule has 1 aromatic carbocycles. The first-order valence-corrected chi connectivity index (χ1v) is 14.6. The molecule has 6 atom stereocenters. The predicted molar refractivity (Wildman–Crippen MR) is 146 cm³/mol. The smallest absolute Gasteiger partial charge is 0.433 e. The number of aliphatic carboxylic acids is 1. The standard InChI is InChI=1S/C29H31Cl2F4N3O4/c1-13-8-14(4-5-16(13)27(41)42)38-25(29(33,34)35)17(11-36-38)26(40)37(15-9-18-19(10-15)28(18,2)3)12-22(39)23-20(30)6-7-21(32)24(23)31/h6-7,11,13-16,18-19H,4-5,8-10,12H2,1-3H3,(H,41,42)/t13-,14+,15?,16+,18-,19+/m1/s1. The molecular formula is C29H31Cl2F4N3O4. The van der Waals surface area contributed by atoms with E-state index in [9.17, 15) is 37.1 Å². The number of carboxylic acid groups (broad SMARTS) is 1. The fourth-order valence-electron chi connectivity index (χ4n) is 7.30. The number of rotatable bonds is 7. The van der Waals surface area contributed by atoms with Gasteiger partial charge in [-0.3, -0.25) is 19.1 Å². The van der Waals surface area contributed by atoms with E-state index < -0.39 is 76.4 Å². The normalized spacial score (nSPS) is 28.3. The van der Waals surface area contributed by atoms with Crippen molar-refractivity contribution in [2.75, 3.05) is 6.54 Å². The van der Waals surface area contributed by atoms with Crippen molar-refractivity contribution in [1.29, 1.82) is 0 Å². The molecule has 1 aromatic heterocycles. The Kier molecular flexibility index (Phi) is 7.92. The van der Waals surface area contributed by atoms with Crippen molar-refractivity contribution in [3.05, 3.63) is 51.0 Å². The lowest BCUT2D eigenvalue weighted by Crippen LogP contribution is -2.44. The van der Waals surface area contributed by atoms with Crippen molar-refractivity contribution in [2.45, 2.75) is 71.1 Å². The lowest BCUT2D eigenvalue weighted by atomic mass is 9.78.